The van der Waals surface area contributed by atoms with Crippen molar-refractivity contribution in [1.82, 2.24) is 0 Å². The summed E-state index contributed by atoms with van der Waals surface area (Å²) in [6.45, 7) is 10.5. The summed E-state index contributed by atoms with van der Waals surface area (Å²) in [7, 11) is 0. The first-order chi connectivity index (χ1) is 15.7. The van der Waals surface area contributed by atoms with Crippen LogP contribution in [0.4, 0.5) is 11.4 Å². The summed E-state index contributed by atoms with van der Waals surface area (Å²) in [6, 6.07) is 15.7. The van der Waals surface area contributed by atoms with Gasteiger partial charge in [-0.15, -0.1) is 0 Å². The molecule has 0 spiro atoms. The van der Waals surface area contributed by atoms with Crippen molar-refractivity contribution in [1.29, 1.82) is 0 Å². The number of azo groups is 1. The Kier molecular flexibility index (Phi) is 12.5. The minimum absolute atomic E-state index is 0.630. The van der Waals surface area contributed by atoms with Gasteiger partial charge in [0.15, 0.2) is 0 Å². The molecule has 0 amide bonds. The van der Waals surface area contributed by atoms with Crippen molar-refractivity contribution in [3.8, 4) is 11.5 Å². The quantitative estimate of drug-likeness (QED) is 0.245. The minimum atomic E-state index is 0.630. The lowest BCUT2D eigenvalue weighted by atomic mass is 10.0. The molecule has 2 rings (SSSR count). The first-order valence-electron chi connectivity index (χ1n) is 12.6. The zero-order valence-corrected chi connectivity index (χ0v) is 20.6. The third kappa shape index (κ3) is 9.84. The van der Waals surface area contributed by atoms with Gasteiger partial charge in [-0.3, -0.25) is 0 Å². The Morgan fingerprint density at radius 2 is 0.969 bits per heavy atom. The van der Waals surface area contributed by atoms with E-state index in [9.17, 15) is 0 Å². The number of hydrogen-bond donors (Lipinski definition) is 0. The summed E-state index contributed by atoms with van der Waals surface area (Å²) in [6.07, 6.45) is 9.82. The molecule has 0 bridgehead atoms. The van der Waals surface area contributed by atoms with Crippen molar-refractivity contribution in [2.75, 3.05) is 13.2 Å². The fraction of sp³-hybridized carbons (Fsp3) is 0.571. The van der Waals surface area contributed by atoms with Gasteiger partial charge in [-0.25, -0.2) is 0 Å². The molecule has 0 N–H and O–H groups in total. The van der Waals surface area contributed by atoms with Gasteiger partial charge in [-0.1, -0.05) is 66.2 Å². The molecule has 0 radical (unpaired) electrons. The third-order valence-corrected chi connectivity index (χ3v) is 6.01. The van der Waals surface area contributed by atoms with Crippen LogP contribution in [0.25, 0.3) is 0 Å². The van der Waals surface area contributed by atoms with E-state index in [-0.39, 0.29) is 0 Å². The maximum absolute atomic E-state index is 5.97. The van der Waals surface area contributed by atoms with Gasteiger partial charge in [-0.05, 0) is 73.2 Å². The van der Waals surface area contributed by atoms with Crippen LogP contribution in [-0.2, 0) is 0 Å². The molecule has 0 aliphatic heterocycles. The lowest BCUT2D eigenvalue weighted by molar-refractivity contribution is 0.233. The maximum Gasteiger partial charge on any atom is 0.119 e. The molecule has 2 unspecified atom stereocenters. The van der Waals surface area contributed by atoms with Crippen LogP contribution >= 0.6 is 0 Å². The highest BCUT2D eigenvalue weighted by Gasteiger charge is 2.08. The van der Waals surface area contributed by atoms with E-state index in [2.05, 4.69) is 37.9 Å². The van der Waals surface area contributed by atoms with Crippen molar-refractivity contribution in [3.63, 3.8) is 0 Å². The molecule has 0 saturated heterocycles. The standard InChI is InChI=1S/C28H42N2O2/c1-5-9-11-23(7-3)21-31-27-17-13-25(14-18-27)29-30-26-15-19-28(20-16-26)32-22-24(8-4)12-10-6-2/h13-20,23-24H,5-12,21-22H2,1-4H3. The Hall–Kier alpha value is -2.36. The zero-order chi connectivity index (χ0) is 23.0. The molecule has 0 saturated carbocycles. The average Bonchev–Trinajstić information content (AvgIpc) is 2.84. The van der Waals surface area contributed by atoms with Crippen molar-refractivity contribution >= 4 is 11.4 Å². The molecular weight excluding hydrogens is 396 g/mol. The molecule has 0 aromatic heterocycles. The van der Waals surface area contributed by atoms with E-state index in [0.717, 1.165) is 48.9 Å². The van der Waals surface area contributed by atoms with Crippen LogP contribution in [0.1, 0.15) is 79.1 Å². The van der Waals surface area contributed by atoms with Crippen LogP contribution < -0.4 is 9.47 Å². The highest BCUT2D eigenvalue weighted by Crippen LogP contribution is 2.24. The molecule has 2 aromatic carbocycles. The van der Waals surface area contributed by atoms with Crippen LogP contribution in [0, 0.1) is 11.8 Å². The molecule has 0 aliphatic carbocycles. The summed E-state index contributed by atoms with van der Waals surface area (Å²) in [5.41, 5.74) is 1.63. The fourth-order valence-electron chi connectivity index (χ4n) is 3.56. The molecular formula is C28H42N2O2. The highest BCUT2D eigenvalue weighted by atomic mass is 16.5. The number of hydrogen-bond acceptors (Lipinski definition) is 4. The van der Waals surface area contributed by atoms with Crippen LogP contribution in [0.3, 0.4) is 0 Å². The van der Waals surface area contributed by atoms with Crippen LogP contribution in [0.15, 0.2) is 58.8 Å². The largest absolute Gasteiger partial charge is 0.493 e. The molecule has 32 heavy (non-hydrogen) atoms. The topological polar surface area (TPSA) is 43.2 Å². The van der Waals surface area contributed by atoms with E-state index in [4.69, 9.17) is 9.47 Å². The number of ether oxygens (including phenoxy) is 2. The average molecular weight is 439 g/mol. The van der Waals surface area contributed by atoms with Crippen LogP contribution in [0.5, 0.6) is 11.5 Å². The summed E-state index contributed by atoms with van der Waals surface area (Å²) in [5, 5.41) is 8.70. The van der Waals surface area contributed by atoms with Gasteiger partial charge >= 0.3 is 0 Å². The number of benzene rings is 2. The summed E-state index contributed by atoms with van der Waals surface area (Å²) < 4.78 is 11.9. The maximum atomic E-state index is 5.97. The molecule has 0 heterocycles. The normalized spacial score (nSPS) is 13.2. The Morgan fingerprint density at radius 1 is 0.594 bits per heavy atom. The molecule has 176 valence electrons. The monoisotopic (exact) mass is 438 g/mol. The summed E-state index contributed by atoms with van der Waals surface area (Å²) >= 11 is 0. The highest BCUT2D eigenvalue weighted by molar-refractivity contribution is 5.44. The second kappa shape index (κ2) is 15.4. The first-order valence-corrected chi connectivity index (χ1v) is 12.6. The van der Waals surface area contributed by atoms with Crippen molar-refractivity contribution in [3.05, 3.63) is 48.5 Å². The Bertz CT molecular complexity index is 691. The van der Waals surface area contributed by atoms with E-state index in [1.807, 2.05) is 48.5 Å². The predicted octanol–water partition coefficient (Wildman–Crippen LogP) is 9.29. The molecule has 2 atom stereocenters. The van der Waals surface area contributed by atoms with Gasteiger partial charge in [-0.2, -0.15) is 10.2 Å². The van der Waals surface area contributed by atoms with E-state index >= 15 is 0 Å². The van der Waals surface area contributed by atoms with Gasteiger partial charge in [0, 0.05) is 0 Å². The molecule has 0 aliphatic rings. The zero-order valence-electron chi connectivity index (χ0n) is 20.6. The van der Waals surface area contributed by atoms with Crippen molar-refractivity contribution in [2.24, 2.45) is 22.1 Å². The van der Waals surface area contributed by atoms with E-state index in [0.29, 0.717) is 11.8 Å². The molecule has 2 aromatic rings. The Morgan fingerprint density at radius 3 is 1.28 bits per heavy atom. The first kappa shape index (κ1) is 25.9. The Balaban J connectivity index is 1.81. The number of rotatable bonds is 16. The SMILES string of the molecule is CCCCC(CC)COc1ccc(N=Nc2ccc(OCC(CC)CCCC)cc2)cc1. The molecule has 4 heteroatoms. The second-order valence-corrected chi connectivity index (χ2v) is 8.64. The number of unbranched alkanes of at least 4 members (excludes halogenated alkanes) is 2. The van der Waals surface area contributed by atoms with Gasteiger partial charge in [0.2, 0.25) is 0 Å². The van der Waals surface area contributed by atoms with Crippen LogP contribution in [-0.4, -0.2) is 13.2 Å². The van der Waals surface area contributed by atoms with E-state index < -0.39 is 0 Å². The summed E-state index contributed by atoms with van der Waals surface area (Å²) in [4.78, 5) is 0. The smallest absolute Gasteiger partial charge is 0.119 e. The van der Waals surface area contributed by atoms with E-state index in [1.54, 1.807) is 0 Å². The lowest BCUT2D eigenvalue weighted by Gasteiger charge is -2.15. The van der Waals surface area contributed by atoms with Crippen molar-refractivity contribution in [2.45, 2.75) is 79.1 Å². The van der Waals surface area contributed by atoms with Crippen LogP contribution in [0.2, 0.25) is 0 Å². The third-order valence-electron chi connectivity index (χ3n) is 6.01. The van der Waals surface area contributed by atoms with Gasteiger partial charge in [0.25, 0.3) is 0 Å². The number of nitrogens with zero attached hydrogens (tertiary/aromatic N) is 2. The van der Waals surface area contributed by atoms with Crippen molar-refractivity contribution < 1.29 is 9.47 Å². The fourth-order valence-corrected chi connectivity index (χ4v) is 3.56. The molecule has 0 fully saturated rings. The molecule has 4 nitrogen and oxygen atoms in total. The minimum Gasteiger partial charge on any atom is -0.493 e. The van der Waals surface area contributed by atoms with Gasteiger partial charge in [0.1, 0.15) is 11.5 Å². The predicted molar refractivity (Wildman–Crippen MR) is 135 cm³/mol. The Labute approximate surface area is 195 Å². The second-order valence-electron chi connectivity index (χ2n) is 8.64. The van der Waals surface area contributed by atoms with Gasteiger partial charge < -0.3 is 9.47 Å². The van der Waals surface area contributed by atoms with Gasteiger partial charge in [0.05, 0.1) is 24.6 Å². The van der Waals surface area contributed by atoms with E-state index in [1.165, 1.54) is 38.5 Å². The lowest BCUT2D eigenvalue weighted by Crippen LogP contribution is -2.11. The summed E-state index contributed by atoms with van der Waals surface area (Å²) in [5.74, 6) is 3.05.